The van der Waals surface area contributed by atoms with E-state index in [1.807, 2.05) is 24.7 Å². The van der Waals surface area contributed by atoms with Gasteiger partial charge < -0.3 is 9.30 Å². The van der Waals surface area contributed by atoms with Crippen molar-refractivity contribution in [2.75, 3.05) is 6.61 Å². The van der Waals surface area contributed by atoms with E-state index in [9.17, 15) is 4.79 Å². The van der Waals surface area contributed by atoms with E-state index >= 15 is 0 Å². The van der Waals surface area contributed by atoms with Gasteiger partial charge in [-0.05, 0) is 50.2 Å². The summed E-state index contributed by atoms with van der Waals surface area (Å²) in [5.41, 5.74) is 5.97. The third-order valence-electron chi connectivity index (χ3n) is 6.45. The number of aromatic nitrogens is 4. The number of aryl methyl sites for hydroxylation is 3. The second-order valence-electron chi connectivity index (χ2n) is 8.55. The summed E-state index contributed by atoms with van der Waals surface area (Å²) in [5, 5.41) is 7.71. The van der Waals surface area contributed by atoms with Crippen LogP contribution in [0.4, 0.5) is 0 Å². The molecule has 0 saturated carbocycles. The smallest absolute Gasteiger partial charge is 0.259 e. The molecule has 6 nitrogen and oxygen atoms in total. The lowest BCUT2D eigenvalue weighted by Gasteiger charge is -2.09. The molecule has 2 aromatic carbocycles. The molecule has 8 heteroatoms. The van der Waals surface area contributed by atoms with Crippen LogP contribution in [0.3, 0.4) is 0 Å². The summed E-state index contributed by atoms with van der Waals surface area (Å²) in [6.45, 7) is 5.94. The molecular weight excluding hydrogens is 483 g/mol. The Bertz CT molecular complexity index is 1650. The van der Waals surface area contributed by atoms with Crippen LogP contribution in [0.25, 0.3) is 44.3 Å². The molecule has 0 aliphatic carbocycles. The van der Waals surface area contributed by atoms with E-state index in [0.29, 0.717) is 34.4 Å². The largest absolute Gasteiger partial charge is 0.375 e. The number of ether oxygens (including phenoxy) is 1. The van der Waals surface area contributed by atoms with E-state index in [1.54, 1.807) is 29.8 Å². The van der Waals surface area contributed by atoms with Gasteiger partial charge in [0.25, 0.3) is 5.56 Å². The first-order valence-corrected chi connectivity index (χ1v) is 12.3. The lowest BCUT2D eigenvalue weighted by molar-refractivity contribution is 0.131. The van der Waals surface area contributed by atoms with Crippen molar-refractivity contribution < 1.29 is 4.74 Å². The number of hydrogen-bond donors (Lipinski definition) is 0. The van der Waals surface area contributed by atoms with Gasteiger partial charge in [0, 0.05) is 59.7 Å². The molecule has 0 atom stereocenters. The molecule has 0 spiro atoms. The van der Waals surface area contributed by atoms with Gasteiger partial charge in [0.15, 0.2) is 0 Å². The Morgan fingerprint density at radius 2 is 1.71 bits per heavy atom. The molecule has 0 unspecified atom stereocenters. The van der Waals surface area contributed by atoms with Crippen molar-refractivity contribution in [3.8, 4) is 22.4 Å². The summed E-state index contributed by atoms with van der Waals surface area (Å²) >= 11 is 12.6. The van der Waals surface area contributed by atoms with Crippen LogP contribution in [0.1, 0.15) is 19.5 Å². The number of rotatable bonds is 6. The maximum atomic E-state index is 13.3. The minimum atomic E-state index is -0.113. The quantitative estimate of drug-likeness (QED) is 0.265. The highest BCUT2D eigenvalue weighted by Crippen LogP contribution is 2.35. The van der Waals surface area contributed by atoms with Crippen LogP contribution in [0, 0.1) is 0 Å². The first-order chi connectivity index (χ1) is 16.8. The predicted octanol–water partition coefficient (Wildman–Crippen LogP) is 6.42. The Morgan fingerprint density at radius 3 is 2.43 bits per heavy atom. The molecule has 0 aliphatic heterocycles. The fourth-order valence-electron chi connectivity index (χ4n) is 4.77. The molecule has 0 radical (unpaired) electrons. The van der Waals surface area contributed by atoms with E-state index in [0.717, 1.165) is 45.4 Å². The fraction of sp³-hybridized carbons (Fsp3) is 0.259. The summed E-state index contributed by atoms with van der Waals surface area (Å²) in [4.78, 5) is 13.3. The van der Waals surface area contributed by atoms with Crippen LogP contribution >= 0.6 is 23.2 Å². The zero-order valence-electron chi connectivity index (χ0n) is 20.1. The molecule has 0 aliphatic rings. The second-order valence-corrected chi connectivity index (χ2v) is 9.39. The average Bonchev–Trinajstić information content (AvgIpc) is 3.39. The maximum Gasteiger partial charge on any atom is 0.259 e. The normalized spacial score (nSPS) is 11.7. The van der Waals surface area contributed by atoms with Crippen LogP contribution < -0.4 is 5.56 Å². The molecular formula is C27H26Cl2N4O2. The number of halogens is 2. The Morgan fingerprint density at radius 1 is 0.914 bits per heavy atom. The van der Waals surface area contributed by atoms with Crippen molar-refractivity contribution >= 4 is 45.1 Å². The lowest BCUT2D eigenvalue weighted by atomic mass is 10.0. The highest BCUT2D eigenvalue weighted by Gasteiger charge is 2.19. The van der Waals surface area contributed by atoms with Crippen molar-refractivity contribution in [2.45, 2.75) is 27.0 Å². The van der Waals surface area contributed by atoms with Crippen molar-refractivity contribution in [1.82, 2.24) is 18.9 Å². The third kappa shape index (κ3) is 3.96. The highest BCUT2D eigenvalue weighted by molar-refractivity contribution is 6.36. The summed E-state index contributed by atoms with van der Waals surface area (Å²) in [5.74, 6) is 0. The minimum absolute atomic E-state index is 0.113. The first kappa shape index (κ1) is 23.7. The van der Waals surface area contributed by atoms with Crippen molar-refractivity contribution in [1.29, 1.82) is 0 Å². The molecule has 3 aromatic heterocycles. The van der Waals surface area contributed by atoms with Gasteiger partial charge in [0.05, 0.1) is 28.5 Å². The number of nitrogens with zero attached hydrogens (tertiary/aromatic N) is 4. The molecule has 0 bridgehead atoms. The van der Waals surface area contributed by atoms with E-state index < -0.39 is 0 Å². The minimum Gasteiger partial charge on any atom is -0.375 e. The summed E-state index contributed by atoms with van der Waals surface area (Å²) in [6.07, 6.45) is 0. The topological polar surface area (TPSA) is 54.0 Å². The highest BCUT2D eigenvalue weighted by atomic mass is 35.5. The van der Waals surface area contributed by atoms with Gasteiger partial charge in [-0.15, -0.1) is 0 Å². The zero-order chi connectivity index (χ0) is 24.9. The number of hydrogen-bond acceptors (Lipinski definition) is 3. The summed E-state index contributed by atoms with van der Waals surface area (Å²) < 4.78 is 11.3. The average molecular weight is 509 g/mol. The van der Waals surface area contributed by atoms with Gasteiger partial charge in [0.2, 0.25) is 0 Å². The number of fused-ring (bicyclic) bond motifs is 3. The Labute approximate surface area is 213 Å². The Kier molecular flexibility index (Phi) is 6.21. The molecule has 0 fully saturated rings. The SMILES string of the molecule is CCOCc1cc(-c2ccc3c(c2)c2cc(-c4ccc(Cl)cc4Cl)c(=O)n(C)c2n3C)n(CC)n1. The van der Waals surface area contributed by atoms with E-state index in [1.165, 1.54) is 0 Å². The van der Waals surface area contributed by atoms with Gasteiger partial charge in [-0.2, -0.15) is 5.10 Å². The summed E-state index contributed by atoms with van der Waals surface area (Å²) in [7, 11) is 3.78. The standard InChI is InChI=1S/C27H26Cl2N4O2/c1-5-33-25(13-18(30-33)15-35-6-2)16-7-10-24-20(11-16)21-14-22(19-9-8-17(28)12-23(19)29)27(34)32(4)26(21)31(24)3/h7-14H,5-6,15H2,1-4H3. The fourth-order valence-corrected chi connectivity index (χ4v) is 5.28. The zero-order valence-corrected chi connectivity index (χ0v) is 21.6. The number of benzene rings is 2. The number of pyridine rings is 1. The van der Waals surface area contributed by atoms with Crippen molar-refractivity contribution in [3.05, 3.63) is 74.6 Å². The first-order valence-electron chi connectivity index (χ1n) is 11.6. The molecule has 5 rings (SSSR count). The van der Waals surface area contributed by atoms with Gasteiger partial charge in [-0.1, -0.05) is 35.3 Å². The van der Waals surface area contributed by atoms with Crippen molar-refractivity contribution in [3.63, 3.8) is 0 Å². The monoisotopic (exact) mass is 508 g/mol. The molecule has 180 valence electrons. The van der Waals surface area contributed by atoms with Gasteiger partial charge in [-0.25, -0.2) is 0 Å². The van der Waals surface area contributed by atoms with Gasteiger partial charge in [0.1, 0.15) is 5.65 Å². The van der Waals surface area contributed by atoms with Crippen LogP contribution in [0.2, 0.25) is 10.0 Å². The molecule has 0 N–H and O–H groups in total. The maximum absolute atomic E-state index is 13.3. The molecule has 35 heavy (non-hydrogen) atoms. The summed E-state index contributed by atoms with van der Waals surface area (Å²) in [6, 6.07) is 15.6. The van der Waals surface area contributed by atoms with Crippen LogP contribution in [0.15, 0.2) is 53.3 Å². The molecule has 0 saturated heterocycles. The van der Waals surface area contributed by atoms with E-state index in [4.69, 9.17) is 33.0 Å². The third-order valence-corrected chi connectivity index (χ3v) is 7.00. The molecule has 3 heterocycles. The predicted molar refractivity (Wildman–Crippen MR) is 143 cm³/mol. The van der Waals surface area contributed by atoms with E-state index in [-0.39, 0.29) is 5.56 Å². The van der Waals surface area contributed by atoms with E-state index in [2.05, 4.69) is 35.8 Å². The van der Waals surface area contributed by atoms with Crippen molar-refractivity contribution in [2.24, 2.45) is 14.1 Å². The molecule has 5 aromatic rings. The van der Waals surface area contributed by atoms with Gasteiger partial charge in [-0.3, -0.25) is 14.0 Å². The van der Waals surface area contributed by atoms with Crippen LogP contribution in [-0.4, -0.2) is 25.5 Å². The van der Waals surface area contributed by atoms with Crippen LogP contribution in [-0.2, 0) is 32.0 Å². The lowest BCUT2D eigenvalue weighted by Crippen LogP contribution is -2.20. The Hall–Kier alpha value is -3.06. The molecule has 0 amide bonds. The van der Waals surface area contributed by atoms with Crippen LogP contribution in [0.5, 0.6) is 0 Å². The second kappa shape index (κ2) is 9.19. The van der Waals surface area contributed by atoms with Gasteiger partial charge >= 0.3 is 0 Å². The Balaban J connectivity index is 1.75.